The lowest BCUT2D eigenvalue weighted by atomic mass is 10.00. The maximum atomic E-state index is 12.8. The number of benzene rings is 2. The second-order valence-electron chi connectivity index (χ2n) is 4.92. The van der Waals surface area contributed by atoms with Gasteiger partial charge in [-0.15, -0.1) is 0 Å². The van der Waals surface area contributed by atoms with Crippen molar-refractivity contribution in [1.29, 1.82) is 0 Å². The fraction of sp³-hybridized carbons (Fsp3) is 0.0588. The first-order chi connectivity index (χ1) is 10.6. The highest BCUT2D eigenvalue weighted by atomic mass is 35.5. The van der Waals surface area contributed by atoms with Crippen molar-refractivity contribution in [3.05, 3.63) is 69.3 Å². The average molecular weight is 313 g/mol. The second kappa shape index (κ2) is 5.66. The lowest BCUT2D eigenvalue weighted by molar-refractivity contribution is 0.319. The van der Waals surface area contributed by atoms with Crippen molar-refractivity contribution < 1.29 is 5.21 Å². The quantitative estimate of drug-likeness (QED) is 0.426. The van der Waals surface area contributed by atoms with Crippen LogP contribution in [-0.2, 0) is 0 Å². The van der Waals surface area contributed by atoms with E-state index < -0.39 is 0 Å². The zero-order chi connectivity index (χ0) is 15.7. The molecule has 0 aliphatic carbocycles. The maximum Gasteiger partial charge on any atom is 0.199 e. The van der Waals surface area contributed by atoms with Gasteiger partial charge in [-0.3, -0.25) is 4.79 Å². The Bertz CT molecular complexity index is 931. The van der Waals surface area contributed by atoms with Crippen LogP contribution in [-0.4, -0.2) is 15.9 Å². The van der Waals surface area contributed by atoms with Crippen LogP contribution in [0.4, 0.5) is 0 Å². The number of halogens is 1. The minimum Gasteiger partial charge on any atom is -0.411 e. The molecule has 2 N–H and O–H groups in total. The van der Waals surface area contributed by atoms with E-state index in [0.717, 1.165) is 5.56 Å². The van der Waals surface area contributed by atoms with Gasteiger partial charge in [0.2, 0.25) is 0 Å². The monoisotopic (exact) mass is 312 g/mol. The summed E-state index contributed by atoms with van der Waals surface area (Å²) in [7, 11) is 0. The molecule has 0 radical (unpaired) electrons. The molecular weight excluding hydrogens is 300 g/mol. The molecule has 5 heteroatoms. The summed E-state index contributed by atoms with van der Waals surface area (Å²) in [4.78, 5) is 16.0. The number of hydrogen-bond acceptors (Lipinski definition) is 3. The van der Waals surface area contributed by atoms with Gasteiger partial charge in [-0.1, -0.05) is 53.2 Å². The van der Waals surface area contributed by atoms with E-state index >= 15 is 0 Å². The molecule has 0 unspecified atom stereocenters. The molecule has 0 saturated carbocycles. The van der Waals surface area contributed by atoms with Crippen molar-refractivity contribution in [3.8, 4) is 11.3 Å². The molecule has 0 aliphatic heterocycles. The number of H-pyrrole nitrogens is 1. The van der Waals surface area contributed by atoms with E-state index in [4.69, 9.17) is 16.8 Å². The number of para-hydroxylation sites is 1. The van der Waals surface area contributed by atoms with Gasteiger partial charge in [0.25, 0.3) is 0 Å². The number of nitrogens with zero attached hydrogens (tertiary/aromatic N) is 1. The SMILES string of the molecule is CC(=NO)c1c(-c2ccccc2)[nH]c2c(Cl)cccc2c1=O. The number of aromatic nitrogens is 1. The Hall–Kier alpha value is -2.59. The standard InChI is InChI=1S/C17H13ClN2O2/c1-10(20-22)14-15(11-6-3-2-4-7-11)19-16-12(17(14)21)8-5-9-13(16)18/h2-9,22H,1H3,(H,19,21). The summed E-state index contributed by atoms with van der Waals surface area (Å²) in [5.74, 6) is 0. The molecule has 0 amide bonds. The number of pyridine rings is 1. The third-order valence-corrected chi connectivity index (χ3v) is 3.87. The van der Waals surface area contributed by atoms with Gasteiger partial charge in [-0.25, -0.2) is 0 Å². The lowest BCUT2D eigenvalue weighted by Crippen LogP contribution is -2.17. The summed E-state index contributed by atoms with van der Waals surface area (Å²) in [6.07, 6.45) is 0. The molecule has 3 rings (SSSR count). The number of aromatic amines is 1. The highest BCUT2D eigenvalue weighted by Gasteiger charge is 2.17. The molecule has 0 atom stereocenters. The van der Waals surface area contributed by atoms with Gasteiger partial charge in [0.05, 0.1) is 27.5 Å². The Kier molecular flexibility index (Phi) is 3.69. The van der Waals surface area contributed by atoms with Gasteiger partial charge in [-0.2, -0.15) is 0 Å². The summed E-state index contributed by atoms with van der Waals surface area (Å²) >= 11 is 6.20. The van der Waals surface area contributed by atoms with Crippen molar-refractivity contribution >= 4 is 28.2 Å². The van der Waals surface area contributed by atoms with Crippen LogP contribution >= 0.6 is 11.6 Å². The molecule has 0 spiro atoms. The summed E-state index contributed by atoms with van der Waals surface area (Å²) in [6, 6.07) is 14.5. The Morgan fingerprint density at radius 3 is 2.55 bits per heavy atom. The maximum absolute atomic E-state index is 12.8. The number of nitrogens with one attached hydrogen (secondary N) is 1. The largest absolute Gasteiger partial charge is 0.411 e. The molecule has 1 heterocycles. The first-order valence-corrected chi connectivity index (χ1v) is 7.10. The predicted molar refractivity (Wildman–Crippen MR) is 89.0 cm³/mol. The number of hydrogen-bond donors (Lipinski definition) is 2. The average Bonchev–Trinajstić information content (AvgIpc) is 2.55. The lowest BCUT2D eigenvalue weighted by Gasteiger charge is -2.11. The molecule has 0 aliphatic rings. The number of fused-ring (bicyclic) bond motifs is 1. The molecule has 0 saturated heterocycles. The van der Waals surface area contributed by atoms with Gasteiger partial charge in [-0.05, 0) is 24.6 Å². The molecule has 4 nitrogen and oxygen atoms in total. The Labute approximate surface area is 131 Å². The highest BCUT2D eigenvalue weighted by molar-refractivity contribution is 6.35. The van der Waals surface area contributed by atoms with Crippen LogP contribution in [0.5, 0.6) is 0 Å². The van der Waals surface area contributed by atoms with Crippen molar-refractivity contribution in [2.45, 2.75) is 6.92 Å². The minimum absolute atomic E-state index is 0.217. The normalized spacial score (nSPS) is 11.8. The van der Waals surface area contributed by atoms with Crippen molar-refractivity contribution in [3.63, 3.8) is 0 Å². The Balaban J connectivity index is 2.49. The van der Waals surface area contributed by atoms with E-state index in [0.29, 0.717) is 27.2 Å². The zero-order valence-corrected chi connectivity index (χ0v) is 12.6. The first kappa shape index (κ1) is 14.4. The molecule has 110 valence electrons. The molecular formula is C17H13ClN2O2. The van der Waals surface area contributed by atoms with E-state index in [1.165, 1.54) is 0 Å². The van der Waals surface area contributed by atoms with Gasteiger partial charge < -0.3 is 10.2 Å². The van der Waals surface area contributed by atoms with Gasteiger partial charge in [0.15, 0.2) is 5.43 Å². The summed E-state index contributed by atoms with van der Waals surface area (Å²) in [6.45, 7) is 1.59. The van der Waals surface area contributed by atoms with Gasteiger partial charge in [0.1, 0.15) is 0 Å². The summed E-state index contributed by atoms with van der Waals surface area (Å²) < 4.78 is 0. The van der Waals surface area contributed by atoms with E-state index in [1.807, 2.05) is 30.3 Å². The van der Waals surface area contributed by atoms with E-state index in [2.05, 4.69) is 10.1 Å². The third-order valence-electron chi connectivity index (χ3n) is 3.56. The molecule has 2 aromatic carbocycles. The number of oxime groups is 1. The molecule has 0 fully saturated rings. The van der Waals surface area contributed by atoms with E-state index in [9.17, 15) is 4.79 Å². The zero-order valence-electron chi connectivity index (χ0n) is 11.8. The van der Waals surface area contributed by atoms with Gasteiger partial charge >= 0.3 is 0 Å². The van der Waals surface area contributed by atoms with Crippen LogP contribution in [0.3, 0.4) is 0 Å². The molecule has 0 bridgehead atoms. The van der Waals surface area contributed by atoms with E-state index in [1.54, 1.807) is 25.1 Å². The van der Waals surface area contributed by atoms with Crippen LogP contribution in [0.25, 0.3) is 22.2 Å². The predicted octanol–water partition coefficient (Wildman–Crippen LogP) is 4.05. The summed E-state index contributed by atoms with van der Waals surface area (Å²) in [5.41, 5.74) is 2.35. The smallest absolute Gasteiger partial charge is 0.199 e. The highest BCUT2D eigenvalue weighted by Crippen LogP contribution is 2.26. The first-order valence-electron chi connectivity index (χ1n) is 6.72. The Morgan fingerprint density at radius 2 is 1.86 bits per heavy atom. The van der Waals surface area contributed by atoms with Crippen LogP contribution in [0.15, 0.2) is 58.5 Å². The topological polar surface area (TPSA) is 65.5 Å². The Morgan fingerprint density at radius 1 is 1.14 bits per heavy atom. The summed E-state index contributed by atoms with van der Waals surface area (Å²) in [5, 5.41) is 13.3. The fourth-order valence-electron chi connectivity index (χ4n) is 2.49. The van der Waals surface area contributed by atoms with Gasteiger partial charge in [0, 0.05) is 5.39 Å². The van der Waals surface area contributed by atoms with Crippen molar-refractivity contribution in [2.75, 3.05) is 0 Å². The second-order valence-corrected chi connectivity index (χ2v) is 5.33. The van der Waals surface area contributed by atoms with E-state index in [-0.39, 0.29) is 11.1 Å². The molecule has 1 aromatic heterocycles. The van der Waals surface area contributed by atoms with Crippen LogP contribution in [0, 0.1) is 0 Å². The van der Waals surface area contributed by atoms with Crippen molar-refractivity contribution in [1.82, 2.24) is 4.98 Å². The fourth-order valence-corrected chi connectivity index (χ4v) is 2.71. The third kappa shape index (κ3) is 2.27. The van der Waals surface area contributed by atoms with Crippen LogP contribution in [0.2, 0.25) is 5.02 Å². The molecule has 3 aromatic rings. The minimum atomic E-state index is -0.217. The molecule has 22 heavy (non-hydrogen) atoms. The number of rotatable bonds is 2. The van der Waals surface area contributed by atoms with Crippen LogP contribution in [0.1, 0.15) is 12.5 Å². The van der Waals surface area contributed by atoms with Crippen LogP contribution < -0.4 is 5.43 Å². The van der Waals surface area contributed by atoms with Crippen molar-refractivity contribution in [2.24, 2.45) is 5.16 Å².